The molecule has 5 heteroatoms. The Morgan fingerprint density at radius 2 is 1.42 bits per heavy atom. The fourth-order valence-corrected chi connectivity index (χ4v) is 2.00. The smallest absolute Gasteiger partial charge is 0.0701 e. The third kappa shape index (κ3) is 10.4. The lowest BCUT2D eigenvalue weighted by atomic mass is 10.1. The lowest BCUT2D eigenvalue weighted by molar-refractivity contribution is 0.00153. The average Bonchev–Trinajstić information content (AvgIpc) is 2.60. The molecule has 1 aromatic carbocycles. The number of likely N-dealkylation sites (N-methyl/N-ethyl adjacent to an activating group) is 1. The second kappa shape index (κ2) is 14.0. The van der Waals surface area contributed by atoms with Gasteiger partial charge in [0, 0.05) is 25.8 Å². The van der Waals surface area contributed by atoms with Gasteiger partial charge in [-0.15, -0.1) is 6.42 Å². The molecule has 0 aliphatic rings. The first-order chi connectivity index (χ1) is 11.8. The van der Waals surface area contributed by atoms with E-state index in [0.717, 1.165) is 18.7 Å². The van der Waals surface area contributed by atoms with Crippen LogP contribution in [0.3, 0.4) is 0 Å². The van der Waals surface area contributed by atoms with Gasteiger partial charge >= 0.3 is 0 Å². The van der Waals surface area contributed by atoms with Gasteiger partial charge in [-0.1, -0.05) is 18.1 Å². The summed E-state index contributed by atoms with van der Waals surface area (Å²) in [5.74, 6) is 2.62. The van der Waals surface area contributed by atoms with Crippen LogP contribution in [0.25, 0.3) is 0 Å². The number of ether oxygens (including phenoxy) is 4. The Kier molecular flexibility index (Phi) is 12.0. The van der Waals surface area contributed by atoms with Gasteiger partial charge in [-0.25, -0.2) is 0 Å². The molecule has 0 aliphatic heterocycles. The van der Waals surface area contributed by atoms with E-state index >= 15 is 0 Å². The normalized spacial score (nSPS) is 10.9. The molecule has 0 aromatic heterocycles. The van der Waals surface area contributed by atoms with Gasteiger partial charge in [0.05, 0.1) is 46.2 Å². The topological polar surface area (TPSA) is 40.2 Å². The van der Waals surface area contributed by atoms with Crippen LogP contribution in [0.5, 0.6) is 0 Å². The highest BCUT2D eigenvalue weighted by Crippen LogP contribution is 2.05. The van der Waals surface area contributed by atoms with Crippen LogP contribution in [0.1, 0.15) is 11.1 Å². The molecule has 0 radical (unpaired) electrons. The molecule has 1 aromatic rings. The fraction of sp³-hybridized carbons (Fsp3) is 0.579. The van der Waals surface area contributed by atoms with Crippen molar-refractivity contribution in [2.75, 3.05) is 67.0 Å². The van der Waals surface area contributed by atoms with Crippen LogP contribution in [-0.2, 0) is 25.5 Å². The van der Waals surface area contributed by atoms with Gasteiger partial charge in [0.2, 0.25) is 0 Å². The van der Waals surface area contributed by atoms with E-state index in [-0.39, 0.29) is 0 Å². The Morgan fingerprint density at radius 3 is 1.96 bits per heavy atom. The van der Waals surface area contributed by atoms with Crippen LogP contribution in [0, 0.1) is 12.3 Å². The average molecular weight is 335 g/mol. The van der Waals surface area contributed by atoms with Crippen molar-refractivity contribution in [3.8, 4) is 12.3 Å². The highest BCUT2D eigenvalue weighted by Gasteiger charge is 2.00. The molecular formula is C19H29NO4. The van der Waals surface area contributed by atoms with Crippen LogP contribution >= 0.6 is 0 Å². The van der Waals surface area contributed by atoms with Gasteiger partial charge in [0.25, 0.3) is 0 Å². The quantitative estimate of drug-likeness (QED) is 0.383. The summed E-state index contributed by atoms with van der Waals surface area (Å²) in [6.07, 6.45) is 5.35. The van der Waals surface area contributed by atoms with Crippen molar-refractivity contribution in [1.29, 1.82) is 0 Å². The zero-order valence-corrected chi connectivity index (χ0v) is 14.8. The Morgan fingerprint density at radius 1 is 0.875 bits per heavy atom. The van der Waals surface area contributed by atoms with E-state index in [2.05, 4.69) is 30.0 Å². The van der Waals surface area contributed by atoms with Crippen molar-refractivity contribution >= 4 is 0 Å². The van der Waals surface area contributed by atoms with Crippen molar-refractivity contribution in [1.82, 2.24) is 4.90 Å². The summed E-state index contributed by atoms with van der Waals surface area (Å²) >= 11 is 0. The van der Waals surface area contributed by atoms with Gasteiger partial charge < -0.3 is 18.9 Å². The standard InChI is InChI=1S/C19H29NO4/c1-4-18-5-7-19(8-6-18)17-20(2)9-10-22-13-14-24-16-15-23-12-11-21-3/h1,5-8H,9-17H2,2-3H3. The van der Waals surface area contributed by atoms with Crippen LogP contribution < -0.4 is 0 Å². The Balaban J connectivity index is 1.94. The van der Waals surface area contributed by atoms with Gasteiger partial charge in [-0.3, -0.25) is 4.90 Å². The van der Waals surface area contributed by atoms with E-state index in [1.165, 1.54) is 5.56 Å². The monoisotopic (exact) mass is 335 g/mol. The zero-order valence-electron chi connectivity index (χ0n) is 14.8. The highest BCUT2D eigenvalue weighted by molar-refractivity contribution is 5.34. The van der Waals surface area contributed by atoms with Gasteiger partial charge in [-0.05, 0) is 24.7 Å². The summed E-state index contributed by atoms with van der Waals surface area (Å²) in [6, 6.07) is 8.07. The number of terminal acetylenes is 1. The summed E-state index contributed by atoms with van der Waals surface area (Å²) in [6.45, 7) is 6.02. The number of methoxy groups -OCH3 is 1. The Bertz CT molecular complexity index is 455. The van der Waals surface area contributed by atoms with Gasteiger partial charge in [0.1, 0.15) is 0 Å². The first-order valence-electron chi connectivity index (χ1n) is 8.22. The highest BCUT2D eigenvalue weighted by atomic mass is 16.6. The van der Waals surface area contributed by atoms with E-state index in [1.54, 1.807) is 7.11 Å². The molecular weight excluding hydrogens is 306 g/mol. The molecule has 0 N–H and O–H groups in total. The SMILES string of the molecule is C#Cc1ccc(CN(C)CCOCCOCCOCCOC)cc1. The number of hydrogen-bond donors (Lipinski definition) is 0. The summed E-state index contributed by atoms with van der Waals surface area (Å²) in [7, 11) is 3.73. The van der Waals surface area contributed by atoms with Gasteiger partial charge in [-0.2, -0.15) is 0 Å². The Labute approximate surface area is 145 Å². The number of hydrogen-bond acceptors (Lipinski definition) is 5. The van der Waals surface area contributed by atoms with Gasteiger partial charge in [0.15, 0.2) is 0 Å². The molecule has 5 nitrogen and oxygen atoms in total. The van der Waals surface area contributed by atoms with Crippen LogP contribution in [0.2, 0.25) is 0 Å². The number of rotatable bonds is 14. The van der Waals surface area contributed by atoms with E-state index in [0.29, 0.717) is 46.2 Å². The minimum atomic E-state index is 0.584. The molecule has 0 bridgehead atoms. The molecule has 0 fully saturated rings. The largest absolute Gasteiger partial charge is 0.382 e. The Hall–Kier alpha value is -1.42. The second-order valence-electron chi connectivity index (χ2n) is 5.41. The summed E-state index contributed by atoms with van der Waals surface area (Å²) in [4.78, 5) is 2.22. The third-order valence-electron chi connectivity index (χ3n) is 3.37. The van der Waals surface area contributed by atoms with Crippen molar-refractivity contribution in [2.24, 2.45) is 0 Å². The molecule has 0 atom stereocenters. The van der Waals surface area contributed by atoms with Crippen LogP contribution in [-0.4, -0.2) is 71.9 Å². The van der Waals surface area contributed by atoms with E-state index in [9.17, 15) is 0 Å². The third-order valence-corrected chi connectivity index (χ3v) is 3.37. The predicted octanol–water partition coefficient (Wildman–Crippen LogP) is 1.80. The molecule has 0 unspecified atom stereocenters. The van der Waals surface area contributed by atoms with Crippen molar-refractivity contribution in [3.63, 3.8) is 0 Å². The minimum absolute atomic E-state index is 0.584. The minimum Gasteiger partial charge on any atom is -0.382 e. The second-order valence-corrected chi connectivity index (χ2v) is 5.41. The molecule has 0 spiro atoms. The molecule has 0 saturated heterocycles. The molecule has 0 amide bonds. The van der Waals surface area contributed by atoms with E-state index in [4.69, 9.17) is 25.4 Å². The maximum atomic E-state index is 5.57. The lowest BCUT2D eigenvalue weighted by Gasteiger charge is -2.16. The predicted molar refractivity (Wildman–Crippen MR) is 95.0 cm³/mol. The van der Waals surface area contributed by atoms with Crippen molar-refractivity contribution < 1.29 is 18.9 Å². The lowest BCUT2D eigenvalue weighted by Crippen LogP contribution is -2.23. The van der Waals surface area contributed by atoms with E-state index < -0.39 is 0 Å². The van der Waals surface area contributed by atoms with Crippen molar-refractivity contribution in [3.05, 3.63) is 35.4 Å². The summed E-state index contributed by atoms with van der Waals surface area (Å²) < 4.78 is 21.2. The van der Waals surface area contributed by atoms with Crippen LogP contribution in [0.4, 0.5) is 0 Å². The van der Waals surface area contributed by atoms with Crippen molar-refractivity contribution in [2.45, 2.75) is 6.54 Å². The maximum absolute atomic E-state index is 5.57. The summed E-state index contributed by atoms with van der Waals surface area (Å²) in [5.41, 5.74) is 2.15. The molecule has 0 saturated carbocycles. The zero-order chi connectivity index (χ0) is 17.5. The molecule has 1 rings (SSSR count). The molecule has 0 heterocycles. The molecule has 0 aliphatic carbocycles. The summed E-state index contributed by atoms with van der Waals surface area (Å²) in [5, 5.41) is 0. The van der Waals surface area contributed by atoms with E-state index in [1.807, 2.05) is 12.1 Å². The number of benzene rings is 1. The maximum Gasteiger partial charge on any atom is 0.0701 e. The molecule has 134 valence electrons. The first-order valence-corrected chi connectivity index (χ1v) is 8.22. The number of nitrogens with zero attached hydrogens (tertiary/aromatic N) is 1. The first kappa shape index (κ1) is 20.6. The van der Waals surface area contributed by atoms with Crippen LogP contribution in [0.15, 0.2) is 24.3 Å². The molecule has 24 heavy (non-hydrogen) atoms. The fourth-order valence-electron chi connectivity index (χ4n) is 2.00.